The minimum Gasteiger partial charge on any atom is -0.465 e. The maximum absolute atomic E-state index is 12.5. The summed E-state index contributed by atoms with van der Waals surface area (Å²) in [5.74, 6) is -3.45. The number of hydrogen-bond donors (Lipinski definition) is 1. The average Bonchev–Trinajstić information content (AvgIpc) is 3.38. The maximum atomic E-state index is 12.5. The summed E-state index contributed by atoms with van der Waals surface area (Å²) < 4.78 is 15.6. The van der Waals surface area contributed by atoms with Crippen LogP contribution in [0, 0.1) is 0 Å². The molecule has 1 N–H and O–H groups in total. The Balaban J connectivity index is 0.000000193. The van der Waals surface area contributed by atoms with Crippen molar-refractivity contribution in [1.82, 2.24) is 0 Å². The van der Waals surface area contributed by atoms with E-state index in [4.69, 9.17) is 14.2 Å². The van der Waals surface area contributed by atoms with Gasteiger partial charge in [0.1, 0.15) is 5.60 Å². The first-order valence-electron chi connectivity index (χ1n) is 15.8. The number of hydrogen-bond acceptors (Lipinski definition) is 10. The topological polar surface area (TPSA) is 162 Å². The molecule has 2 aliphatic heterocycles. The highest BCUT2D eigenvalue weighted by Crippen LogP contribution is 2.47. The van der Waals surface area contributed by atoms with Crippen LogP contribution in [0.15, 0.2) is 36.4 Å². The van der Waals surface area contributed by atoms with Crippen molar-refractivity contribution in [2.75, 3.05) is 23.4 Å². The van der Waals surface area contributed by atoms with Crippen molar-refractivity contribution < 1.29 is 47.8 Å². The van der Waals surface area contributed by atoms with Crippen molar-refractivity contribution in [1.29, 1.82) is 0 Å². The molecule has 0 saturated heterocycles. The fraction of sp³-hybridized carbons (Fsp3) is 0.457. The van der Waals surface area contributed by atoms with Crippen molar-refractivity contribution in [2.45, 2.75) is 89.6 Å². The first kappa shape index (κ1) is 33.5. The van der Waals surface area contributed by atoms with E-state index in [1.54, 1.807) is 58.9 Å². The van der Waals surface area contributed by atoms with Gasteiger partial charge in [0.25, 0.3) is 17.5 Å². The zero-order valence-corrected chi connectivity index (χ0v) is 27.2. The standard InChI is InChI=1S/C20H23NO6.C15H15NO4/c1-5-26-17(24)20(9-6-10-20)12-7-8-14-13(11-12)15(22)16(23)21(14)18(25)27-19(2,3)4;1-2-20-14(19)15(6-3-7-15)9-4-5-11-10(8-9)12(17)13(18)16-11/h7-8,11H,5-6,9-10H2,1-4H3;4-5,8H,2-3,6-7H2,1H3,(H,16,17,18). The number of esters is 2. The summed E-state index contributed by atoms with van der Waals surface area (Å²) >= 11 is 0. The van der Waals surface area contributed by atoms with Crippen LogP contribution in [0.2, 0.25) is 0 Å². The third-order valence-corrected chi connectivity index (χ3v) is 9.03. The molecule has 0 atom stereocenters. The molecule has 4 aliphatic rings. The van der Waals surface area contributed by atoms with Gasteiger partial charge in [-0.3, -0.25) is 28.8 Å². The molecule has 6 rings (SSSR count). The van der Waals surface area contributed by atoms with E-state index in [1.807, 2.05) is 0 Å². The smallest absolute Gasteiger partial charge is 0.422 e. The number of imide groups is 1. The van der Waals surface area contributed by atoms with Gasteiger partial charge in [-0.1, -0.05) is 25.0 Å². The molecule has 2 aromatic rings. The summed E-state index contributed by atoms with van der Waals surface area (Å²) in [4.78, 5) is 85.7. The Labute approximate surface area is 272 Å². The van der Waals surface area contributed by atoms with E-state index in [0.717, 1.165) is 36.1 Å². The molecule has 12 nitrogen and oxygen atoms in total. The lowest BCUT2D eigenvalue weighted by molar-refractivity contribution is -0.154. The van der Waals surface area contributed by atoms with Crippen LogP contribution >= 0.6 is 0 Å². The van der Waals surface area contributed by atoms with Gasteiger partial charge in [-0.15, -0.1) is 0 Å². The molecule has 3 amide bonds. The minimum absolute atomic E-state index is 0.110. The van der Waals surface area contributed by atoms with Gasteiger partial charge in [-0.05, 0) is 95.7 Å². The van der Waals surface area contributed by atoms with Crippen LogP contribution in [-0.4, -0.2) is 60.2 Å². The van der Waals surface area contributed by atoms with Crippen LogP contribution in [0.1, 0.15) is 105 Å². The third kappa shape index (κ3) is 5.81. The van der Waals surface area contributed by atoms with E-state index >= 15 is 0 Å². The van der Waals surface area contributed by atoms with Crippen LogP contribution < -0.4 is 10.2 Å². The fourth-order valence-electron chi connectivity index (χ4n) is 6.29. The molecule has 0 radical (unpaired) electrons. The molecule has 0 unspecified atom stereocenters. The Morgan fingerprint density at radius 3 is 1.74 bits per heavy atom. The van der Waals surface area contributed by atoms with Crippen molar-refractivity contribution in [3.63, 3.8) is 0 Å². The number of benzene rings is 2. The molecule has 2 aromatic carbocycles. The zero-order chi connectivity index (χ0) is 34.3. The third-order valence-electron chi connectivity index (χ3n) is 9.03. The van der Waals surface area contributed by atoms with Crippen molar-refractivity contribution >= 4 is 52.8 Å². The number of fused-ring (bicyclic) bond motifs is 2. The largest absolute Gasteiger partial charge is 0.465 e. The lowest BCUT2D eigenvalue weighted by Gasteiger charge is -2.39. The Morgan fingerprint density at radius 2 is 1.28 bits per heavy atom. The quantitative estimate of drug-likeness (QED) is 0.258. The second-order valence-electron chi connectivity index (χ2n) is 13.0. The number of ketones is 2. The highest BCUT2D eigenvalue weighted by Gasteiger charge is 2.50. The second kappa shape index (κ2) is 12.4. The highest BCUT2D eigenvalue weighted by atomic mass is 16.6. The van der Waals surface area contributed by atoms with Gasteiger partial charge in [-0.25, -0.2) is 9.69 Å². The monoisotopic (exact) mass is 646 g/mol. The van der Waals surface area contributed by atoms with E-state index < -0.39 is 45.9 Å². The molecule has 0 aromatic heterocycles. The van der Waals surface area contributed by atoms with Crippen LogP contribution in [0.4, 0.5) is 16.2 Å². The molecule has 2 aliphatic carbocycles. The van der Waals surface area contributed by atoms with E-state index in [2.05, 4.69) is 5.32 Å². The molecular formula is C35H38N2O10. The lowest BCUT2D eigenvalue weighted by Crippen LogP contribution is -2.43. The summed E-state index contributed by atoms with van der Waals surface area (Å²) in [5, 5.41) is 2.51. The number of rotatable bonds is 6. The number of amides is 3. The molecular weight excluding hydrogens is 608 g/mol. The first-order chi connectivity index (χ1) is 22.2. The minimum atomic E-state index is -0.949. The predicted molar refractivity (Wildman–Crippen MR) is 168 cm³/mol. The number of anilines is 2. The van der Waals surface area contributed by atoms with Gasteiger partial charge in [0, 0.05) is 0 Å². The SMILES string of the molecule is CCOC(=O)C1(c2ccc3c(c2)C(=O)C(=O)N3)CCC1.CCOC(=O)C1(c2ccc3c(c2)C(=O)C(=O)N3C(=O)OC(C)(C)C)CCC1. The van der Waals surface area contributed by atoms with E-state index in [1.165, 1.54) is 12.1 Å². The summed E-state index contributed by atoms with van der Waals surface area (Å²) in [6.45, 7) is 9.16. The van der Waals surface area contributed by atoms with Gasteiger partial charge in [0.05, 0.1) is 46.5 Å². The number of nitrogens with zero attached hydrogens (tertiary/aromatic N) is 1. The summed E-state index contributed by atoms with van der Waals surface area (Å²) in [7, 11) is 0. The normalized spacial score (nSPS) is 18.4. The maximum Gasteiger partial charge on any atom is 0.422 e. The molecule has 0 spiro atoms. The lowest BCUT2D eigenvalue weighted by atomic mass is 9.64. The Hall–Kier alpha value is -4.87. The average molecular weight is 647 g/mol. The van der Waals surface area contributed by atoms with Crippen LogP contribution in [0.5, 0.6) is 0 Å². The molecule has 47 heavy (non-hydrogen) atoms. The van der Waals surface area contributed by atoms with Crippen molar-refractivity contribution in [3.05, 3.63) is 58.7 Å². The van der Waals surface area contributed by atoms with Gasteiger partial charge < -0.3 is 19.5 Å². The number of carbonyl (C=O) groups excluding carboxylic acids is 7. The number of nitrogens with one attached hydrogen (secondary N) is 1. The molecule has 248 valence electrons. The van der Waals surface area contributed by atoms with Crippen molar-refractivity contribution in [2.24, 2.45) is 0 Å². The Bertz CT molecular complexity index is 1690. The van der Waals surface area contributed by atoms with E-state index in [0.29, 0.717) is 36.3 Å². The van der Waals surface area contributed by atoms with Crippen LogP contribution in [-0.2, 0) is 44.2 Å². The van der Waals surface area contributed by atoms with Crippen LogP contribution in [0.25, 0.3) is 0 Å². The summed E-state index contributed by atoms with van der Waals surface area (Å²) in [5.41, 5.74) is 0.336. The van der Waals surface area contributed by atoms with Gasteiger partial charge in [0.15, 0.2) is 0 Å². The number of carbonyl (C=O) groups is 7. The predicted octanol–water partition coefficient (Wildman–Crippen LogP) is 4.94. The zero-order valence-electron chi connectivity index (χ0n) is 27.2. The van der Waals surface area contributed by atoms with Gasteiger partial charge >= 0.3 is 23.9 Å². The highest BCUT2D eigenvalue weighted by molar-refractivity contribution is 6.56. The number of ether oxygens (including phenoxy) is 3. The van der Waals surface area contributed by atoms with Gasteiger partial charge in [-0.2, -0.15) is 0 Å². The Morgan fingerprint density at radius 1 is 0.766 bits per heavy atom. The second-order valence-corrected chi connectivity index (χ2v) is 13.0. The first-order valence-corrected chi connectivity index (χ1v) is 15.8. The Kier molecular flexibility index (Phi) is 8.83. The van der Waals surface area contributed by atoms with Gasteiger partial charge in [0.2, 0.25) is 0 Å². The molecule has 2 saturated carbocycles. The fourth-order valence-corrected chi connectivity index (χ4v) is 6.29. The van der Waals surface area contributed by atoms with Crippen LogP contribution in [0.3, 0.4) is 0 Å². The summed E-state index contributed by atoms with van der Waals surface area (Å²) in [6.07, 6.45) is 3.65. The molecule has 12 heteroatoms. The van der Waals surface area contributed by atoms with E-state index in [-0.39, 0.29) is 29.8 Å². The molecule has 2 fully saturated rings. The van der Waals surface area contributed by atoms with Crippen molar-refractivity contribution in [3.8, 4) is 0 Å². The number of Topliss-reactive ketones (excluding diaryl/α,β-unsaturated/α-hetero) is 2. The summed E-state index contributed by atoms with van der Waals surface area (Å²) in [6, 6.07) is 9.89. The van der Waals surface area contributed by atoms with E-state index in [9.17, 15) is 33.6 Å². The molecule has 0 bridgehead atoms. The molecule has 2 heterocycles.